The molecule has 0 spiro atoms. The quantitative estimate of drug-likeness (QED) is 0.889. The summed E-state index contributed by atoms with van der Waals surface area (Å²) in [5.41, 5.74) is -0.256. The molecule has 0 aromatic carbocycles. The van der Waals surface area contributed by atoms with Gasteiger partial charge in [-0.25, -0.2) is 0 Å². The summed E-state index contributed by atoms with van der Waals surface area (Å²) in [5.74, 6) is -0.0219. The van der Waals surface area contributed by atoms with Gasteiger partial charge in [0.25, 0.3) is 0 Å². The molecule has 0 saturated heterocycles. The Hall–Kier alpha value is -1.04. The molecule has 2 rings (SSSR count). The molecule has 3 nitrogen and oxygen atoms in total. The Morgan fingerprint density at radius 1 is 1.39 bits per heavy atom. The van der Waals surface area contributed by atoms with Crippen LogP contribution in [0.4, 0.5) is 13.2 Å². The van der Waals surface area contributed by atoms with Crippen LogP contribution in [0.3, 0.4) is 0 Å². The summed E-state index contributed by atoms with van der Waals surface area (Å²) >= 11 is 0. The van der Waals surface area contributed by atoms with E-state index in [1.54, 1.807) is 0 Å². The minimum absolute atomic E-state index is 0.0219. The smallest absolute Gasteiger partial charge is 0.393 e. The molecule has 2 unspecified atom stereocenters. The van der Waals surface area contributed by atoms with Gasteiger partial charge in [0, 0.05) is 5.69 Å². The highest BCUT2D eigenvalue weighted by Gasteiger charge is 2.37. The molecule has 1 aliphatic rings. The number of nitrogens with zero attached hydrogens (tertiary/aromatic N) is 2. The van der Waals surface area contributed by atoms with Crippen molar-refractivity contribution in [3.8, 4) is 0 Å². The van der Waals surface area contributed by atoms with Gasteiger partial charge in [0.15, 0.2) is 5.69 Å². The first-order valence-corrected chi connectivity index (χ1v) is 6.13. The number of halogens is 3. The fraction of sp³-hybridized carbons (Fsp3) is 0.750. The van der Waals surface area contributed by atoms with Crippen molar-refractivity contribution in [2.45, 2.75) is 57.3 Å². The Bertz CT molecular complexity index is 425. The zero-order valence-corrected chi connectivity index (χ0v) is 10.4. The molecule has 2 atom stereocenters. The van der Waals surface area contributed by atoms with Gasteiger partial charge in [-0.3, -0.25) is 4.68 Å². The van der Waals surface area contributed by atoms with E-state index >= 15 is 0 Å². The zero-order valence-electron chi connectivity index (χ0n) is 10.4. The van der Waals surface area contributed by atoms with Gasteiger partial charge < -0.3 is 5.11 Å². The lowest BCUT2D eigenvalue weighted by atomic mass is 10.1. The first-order chi connectivity index (χ1) is 8.29. The third kappa shape index (κ3) is 2.53. The molecule has 0 bridgehead atoms. The van der Waals surface area contributed by atoms with Crippen LogP contribution < -0.4 is 0 Å². The Kier molecular flexibility index (Phi) is 3.40. The van der Waals surface area contributed by atoms with Crippen molar-refractivity contribution in [3.63, 3.8) is 0 Å². The van der Waals surface area contributed by atoms with Crippen LogP contribution in [0.5, 0.6) is 0 Å². The Balaban J connectivity index is 2.36. The molecule has 1 aromatic rings. The van der Waals surface area contributed by atoms with Crippen molar-refractivity contribution < 1.29 is 18.3 Å². The van der Waals surface area contributed by atoms with Crippen LogP contribution in [0, 0.1) is 0 Å². The van der Waals surface area contributed by atoms with Crippen LogP contribution in [0.2, 0.25) is 0 Å². The molecular weight excluding hydrogens is 245 g/mol. The van der Waals surface area contributed by atoms with Gasteiger partial charge >= 0.3 is 6.18 Å². The summed E-state index contributed by atoms with van der Waals surface area (Å²) in [5, 5.41) is 13.2. The van der Waals surface area contributed by atoms with Crippen molar-refractivity contribution in [1.29, 1.82) is 0 Å². The van der Waals surface area contributed by atoms with Gasteiger partial charge in [-0.15, -0.1) is 0 Å². The molecular formula is C12H17F3N2O. The van der Waals surface area contributed by atoms with Gasteiger partial charge in [-0.1, -0.05) is 13.8 Å². The van der Waals surface area contributed by atoms with Gasteiger partial charge in [0.1, 0.15) is 0 Å². The number of hydrogen-bond acceptors (Lipinski definition) is 2. The average Bonchev–Trinajstić information content (AvgIpc) is 2.81. The number of aliphatic hydroxyl groups is 1. The maximum Gasteiger partial charge on any atom is 0.435 e. The predicted octanol–water partition coefficient (Wildman–Crippen LogP) is 3.11. The van der Waals surface area contributed by atoms with E-state index in [1.165, 1.54) is 4.68 Å². The molecule has 1 aromatic heterocycles. The lowest BCUT2D eigenvalue weighted by Gasteiger charge is -2.16. The lowest BCUT2D eigenvalue weighted by Crippen LogP contribution is -2.14. The molecule has 1 fully saturated rings. The highest BCUT2D eigenvalue weighted by molar-refractivity contribution is 5.17. The summed E-state index contributed by atoms with van der Waals surface area (Å²) in [6, 6.07) is 1.00. The maximum absolute atomic E-state index is 12.7. The number of aromatic nitrogens is 2. The molecule has 1 heterocycles. The Labute approximate surface area is 104 Å². The van der Waals surface area contributed by atoms with E-state index in [9.17, 15) is 18.3 Å². The van der Waals surface area contributed by atoms with Crippen LogP contribution >= 0.6 is 0 Å². The molecule has 102 valence electrons. The highest BCUT2D eigenvalue weighted by Crippen LogP contribution is 2.36. The second kappa shape index (κ2) is 4.57. The summed E-state index contributed by atoms with van der Waals surface area (Å²) in [7, 11) is 0. The van der Waals surface area contributed by atoms with Crippen molar-refractivity contribution in [2.75, 3.05) is 0 Å². The first-order valence-electron chi connectivity index (χ1n) is 6.13. The molecule has 0 amide bonds. The number of alkyl halides is 3. The molecule has 1 N–H and O–H groups in total. The maximum atomic E-state index is 12.7. The number of rotatable bonds is 2. The Morgan fingerprint density at radius 2 is 2.06 bits per heavy atom. The minimum atomic E-state index is -4.41. The largest absolute Gasteiger partial charge is 0.435 e. The molecule has 0 radical (unpaired) electrons. The molecule has 0 aliphatic heterocycles. The monoisotopic (exact) mass is 262 g/mol. The third-order valence-electron chi connectivity index (χ3n) is 3.37. The fourth-order valence-corrected chi connectivity index (χ4v) is 2.43. The summed E-state index contributed by atoms with van der Waals surface area (Å²) in [6.45, 7) is 3.69. The van der Waals surface area contributed by atoms with Crippen LogP contribution in [0.25, 0.3) is 0 Å². The van der Waals surface area contributed by atoms with Crippen molar-refractivity contribution >= 4 is 0 Å². The normalized spacial score (nSPS) is 25.1. The molecule has 6 heteroatoms. The number of aliphatic hydroxyl groups excluding tert-OH is 1. The van der Waals surface area contributed by atoms with E-state index in [0.29, 0.717) is 25.0 Å². The third-order valence-corrected chi connectivity index (χ3v) is 3.37. The van der Waals surface area contributed by atoms with Gasteiger partial charge in [0.2, 0.25) is 0 Å². The Morgan fingerprint density at radius 3 is 2.50 bits per heavy atom. The van der Waals surface area contributed by atoms with Crippen molar-refractivity contribution in [1.82, 2.24) is 9.78 Å². The van der Waals surface area contributed by atoms with E-state index in [2.05, 4.69) is 5.10 Å². The zero-order chi connectivity index (χ0) is 13.5. The standard InChI is InChI=1S/C12H17F3N2O/c1-7(2)10-6-11(12(13,14)15)16-17(10)8-3-4-9(18)5-8/h6-9,18H,3-5H2,1-2H3. The second-order valence-electron chi connectivity index (χ2n) is 5.17. The summed E-state index contributed by atoms with van der Waals surface area (Å²) in [4.78, 5) is 0. The van der Waals surface area contributed by atoms with E-state index < -0.39 is 18.0 Å². The van der Waals surface area contributed by atoms with Crippen LogP contribution in [-0.4, -0.2) is 21.0 Å². The van der Waals surface area contributed by atoms with Crippen molar-refractivity contribution in [3.05, 3.63) is 17.5 Å². The first kappa shape index (κ1) is 13.4. The summed E-state index contributed by atoms with van der Waals surface area (Å²) in [6.07, 6.45) is -3.04. The molecule has 18 heavy (non-hydrogen) atoms. The van der Waals surface area contributed by atoms with Crippen LogP contribution in [0.15, 0.2) is 6.07 Å². The lowest BCUT2D eigenvalue weighted by molar-refractivity contribution is -0.141. The topological polar surface area (TPSA) is 38.0 Å². The second-order valence-corrected chi connectivity index (χ2v) is 5.17. The van der Waals surface area contributed by atoms with E-state index in [1.807, 2.05) is 13.8 Å². The van der Waals surface area contributed by atoms with E-state index in [0.717, 1.165) is 6.07 Å². The average molecular weight is 262 g/mol. The van der Waals surface area contributed by atoms with E-state index in [-0.39, 0.29) is 12.0 Å². The van der Waals surface area contributed by atoms with E-state index in [4.69, 9.17) is 0 Å². The van der Waals surface area contributed by atoms with Crippen LogP contribution in [0.1, 0.15) is 56.5 Å². The van der Waals surface area contributed by atoms with Gasteiger partial charge in [-0.2, -0.15) is 18.3 Å². The van der Waals surface area contributed by atoms with Gasteiger partial charge in [-0.05, 0) is 31.2 Å². The summed E-state index contributed by atoms with van der Waals surface area (Å²) < 4.78 is 39.5. The molecule has 1 aliphatic carbocycles. The predicted molar refractivity (Wildman–Crippen MR) is 60.2 cm³/mol. The number of hydrogen-bond donors (Lipinski definition) is 1. The highest BCUT2D eigenvalue weighted by atomic mass is 19.4. The minimum Gasteiger partial charge on any atom is -0.393 e. The van der Waals surface area contributed by atoms with Crippen molar-refractivity contribution in [2.24, 2.45) is 0 Å². The molecule has 1 saturated carbocycles. The van der Waals surface area contributed by atoms with Gasteiger partial charge in [0.05, 0.1) is 12.1 Å². The van der Waals surface area contributed by atoms with Crippen LogP contribution in [-0.2, 0) is 6.18 Å². The SMILES string of the molecule is CC(C)c1cc(C(F)(F)F)nn1C1CCC(O)C1. The fourth-order valence-electron chi connectivity index (χ4n) is 2.43.